The quantitative estimate of drug-likeness (QED) is 0.754. The molecule has 5 heteroatoms. The summed E-state index contributed by atoms with van der Waals surface area (Å²) < 4.78 is 0. The molecule has 1 aliphatic rings. The van der Waals surface area contributed by atoms with E-state index in [9.17, 15) is 9.90 Å². The molecular weight excluding hydrogens is 224 g/mol. The third-order valence-corrected chi connectivity index (χ3v) is 4.59. The van der Waals surface area contributed by atoms with Gasteiger partial charge in [-0.1, -0.05) is 6.92 Å². The molecule has 0 spiro atoms. The number of aliphatic carboxylic acids is 1. The molecule has 1 fully saturated rings. The van der Waals surface area contributed by atoms with Crippen LogP contribution in [0.3, 0.4) is 0 Å². The lowest BCUT2D eigenvalue weighted by Gasteiger charge is -2.39. The Morgan fingerprint density at radius 3 is 2.81 bits per heavy atom. The Kier molecular flexibility index (Phi) is 5.08. The number of nitrogens with one attached hydrogen (secondary N) is 1. The van der Waals surface area contributed by atoms with Crippen LogP contribution >= 0.6 is 11.8 Å². The van der Waals surface area contributed by atoms with Crippen LogP contribution < -0.4 is 5.32 Å². The lowest BCUT2D eigenvalue weighted by molar-refractivity contribution is -0.145. The van der Waals surface area contributed by atoms with Crippen LogP contribution in [-0.2, 0) is 4.79 Å². The second kappa shape index (κ2) is 5.89. The van der Waals surface area contributed by atoms with Gasteiger partial charge in [-0.15, -0.1) is 0 Å². The number of rotatable bonds is 5. The van der Waals surface area contributed by atoms with Crippen LogP contribution in [0.1, 0.15) is 19.8 Å². The topological polar surface area (TPSA) is 52.6 Å². The molecule has 1 saturated heterocycles. The molecule has 4 nitrogen and oxygen atoms in total. The van der Waals surface area contributed by atoms with Crippen LogP contribution in [0.2, 0.25) is 0 Å². The van der Waals surface area contributed by atoms with Crippen LogP contribution in [0.5, 0.6) is 0 Å². The minimum Gasteiger partial charge on any atom is -0.480 e. The zero-order valence-corrected chi connectivity index (χ0v) is 11.1. The van der Waals surface area contributed by atoms with Gasteiger partial charge in [-0.25, -0.2) is 0 Å². The fourth-order valence-electron chi connectivity index (χ4n) is 2.05. The molecule has 2 unspecified atom stereocenters. The number of hydrogen-bond acceptors (Lipinski definition) is 4. The SMILES string of the molecule is CC1SCCCC1(NCCN(C)C)C(=O)O. The maximum absolute atomic E-state index is 11.5. The number of hydrogen-bond donors (Lipinski definition) is 2. The predicted octanol–water partition coefficient (Wildman–Crippen LogP) is 0.877. The highest BCUT2D eigenvalue weighted by Crippen LogP contribution is 2.34. The summed E-state index contributed by atoms with van der Waals surface area (Å²) in [5.74, 6) is 0.372. The van der Waals surface area contributed by atoms with Gasteiger partial charge in [-0.3, -0.25) is 10.1 Å². The zero-order chi connectivity index (χ0) is 12.2. The van der Waals surface area contributed by atoms with Crippen molar-refractivity contribution in [3.63, 3.8) is 0 Å². The highest BCUT2D eigenvalue weighted by Gasteiger charge is 2.45. The first-order chi connectivity index (χ1) is 7.49. The van der Waals surface area contributed by atoms with Crippen molar-refractivity contribution in [1.29, 1.82) is 0 Å². The number of thioether (sulfide) groups is 1. The van der Waals surface area contributed by atoms with Gasteiger partial charge >= 0.3 is 5.97 Å². The van der Waals surface area contributed by atoms with E-state index in [-0.39, 0.29) is 5.25 Å². The van der Waals surface area contributed by atoms with Crippen molar-refractivity contribution in [2.45, 2.75) is 30.6 Å². The molecule has 1 rings (SSSR count). The van der Waals surface area contributed by atoms with Gasteiger partial charge in [0.1, 0.15) is 5.54 Å². The molecule has 1 aliphatic heterocycles. The van der Waals surface area contributed by atoms with Gasteiger partial charge in [-0.05, 0) is 32.7 Å². The van der Waals surface area contributed by atoms with Gasteiger partial charge in [0, 0.05) is 18.3 Å². The Bertz CT molecular complexity index is 248. The van der Waals surface area contributed by atoms with E-state index in [1.54, 1.807) is 11.8 Å². The largest absolute Gasteiger partial charge is 0.480 e. The Morgan fingerprint density at radius 2 is 2.31 bits per heavy atom. The van der Waals surface area contributed by atoms with Gasteiger partial charge in [0.25, 0.3) is 0 Å². The standard InChI is InChI=1S/C11H22N2O2S/c1-9-11(10(14)15,5-4-8-16-9)12-6-7-13(2)3/h9,12H,4-8H2,1-3H3,(H,14,15). The molecule has 0 aromatic rings. The van der Waals surface area contributed by atoms with Crippen molar-refractivity contribution < 1.29 is 9.90 Å². The van der Waals surface area contributed by atoms with Crippen molar-refractivity contribution in [3.05, 3.63) is 0 Å². The molecule has 94 valence electrons. The van der Waals surface area contributed by atoms with Crippen LogP contribution in [0.4, 0.5) is 0 Å². The zero-order valence-electron chi connectivity index (χ0n) is 10.3. The Hall–Kier alpha value is -0.260. The first-order valence-electron chi connectivity index (χ1n) is 5.74. The van der Waals surface area contributed by atoms with E-state index in [4.69, 9.17) is 0 Å². The molecule has 0 aromatic carbocycles. The lowest BCUT2D eigenvalue weighted by Crippen LogP contribution is -2.60. The normalized spacial score (nSPS) is 30.6. The smallest absolute Gasteiger partial charge is 0.325 e. The summed E-state index contributed by atoms with van der Waals surface area (Å²) in [4.78, 5) is 13.5. The molecule has 2 N–H and O–H groups in total. The summed E-state index contributed by atoms with van der Waals surface area (Å²) in [6, 6.07) is 0. The third kappa shape index (κ3) is 3.12. The number of nitrogens with zero attached hydrogens (tertiary/aromatic N) is 1. The highest BCUT2D eigenvalue weighted by molar-refractivity contribution is 8.00. The van der Waals surface area contributed by atoms with Crippen molar-refractivity contribution in [2.75, 3.05) is 32.9 Å². The first kappa shape index (κ1) is 13.8. The molecule has 0 saturated carbocycles. The van der Waals surface area contributed by atoms with Crippen molar-refractivity contribution in [2.24, 2.45) is 0 Å². The third-order valence-electron chi connectivity index (χ3n) is 3.16. The van der Waals surface area contributed by atoms with Crippen molar-refractivity contribution in [3.8, 4) is 0 Å². The number of carbonyl (C=O) groups is 1. The van der Waals surface area contributed by atoms with Crippen LogP contribution in [0.25, 0.3) is 0 Å². The van der Waals surface area contributed by atoms with E-state index >= 15 is 0 Å². The minimum absolute atomic E-state index is 0.140. The van der Waals surface area contributed by atoms with Crippen LogP contribution in [0.15, 0.2) is 0 Å². The molecule has 2 atom stereocenters. The number of likely N-dealkylation sites (N-methyl/N-ethyl adjacent to an activating group) is 1. The summed E-state index contributed by atoms with van der Waals surface area (Å²) in [5.41, 5.74) is -0.723. The van der Waals surface area contributed by atoms with E-state index in [2.05, 4.69) is 10.2 Å². The molecular formula is C11H22N2O2S. The van der Waals surface area contributed by atoms with E-state index < -0.39 is 11.5 Å². The van der Waals surface area contributed by atoms with E-state index in [1.165, 1.54) is 0 Å². The summed E-state index contributed by atoms with van der Waals surface area (Å²) in [6.45, 7) is 3.61. The second-order valence-corrected chi connectivity index (χ2v) is 6.07. The van der Waals surface area contributed by atoms with E-state index in [0.29, 0.717) is 0 Å². The second-order valence-electron chi connectivity index (χ2n) is 4.62. The van der Waals surface area contributed by atoms with Gasteiger partial charge in [0.05, 0.1) is 0 Å². The van der Waals surface area contributed by atoms with Crippen molar-refractivity contribution in [1.82, 2.24) is 10.2 Å². The maximum atomic E-state index is 11.5. The molecule has 0 aromatic heterocycles. The van der Waals surface area contributed by atoms with Gasteiger partial charge in [-0.2, -0.15) is 11.8 Å². The maximum Gasteiger partial charge on any atom is 0.325 e. The van der Waals surface area contributed by atoms with Gasteiger partial charge in [0.15, 0.2) is 0 Å². The Balaban J connectivity index is 2.61. The lowest BCUT2D eigenvalue weighted by atomic mass is 9.89. The summed E-state index contributed by atoms with van der Waals surface area (Å²) in [5, 5.41) is 12.8. The first-order valence-corrected chi connectivity index (χ1v) is 6.78. The molecule has 0 radical (unpaired) electrons. The van der Waals surface area contributed by atoms with Crippen LogP contribution in [-0.4, -0.2) is 59.7 Å². The summed E-state index contributed by atoms with van der Waals surface area (Å²) in [7, 11) is 3.99. The molecule has 0 amide bonds. The molecule has 1 heterocycles. The average molecular weight is 246 g/mol. The highest BCUT2D eigenvalue weighted by atomic mass is 32.2. The fraction of sp³-hybridized carbons (Fsp3) is 0.909. The Labute approximate surface area is 102 Å². The number of carboxylic acid groups (broad SMARTS) is 1. The molecule has 0 aliphatic carbocycles. The predicted molar refractivity (Wildman–Crippen MR) is 68.1 cm³/mol. The summed E-state index contributed by atoms with van der Waals surface area (Å²) in [6.07, 6.45) is 1.72. The fourth-order valence-corrected chi connectivity index (χ4v) is 3.30. The van der Waals surface area contributed by atoms with Crippen molar-refractivity contribution >= 4 is 17.7 Å². The van der Waals surface area contributed by atoms with E-state index in [1.807, 2.05) is 21.0 Å². The molecule has 16 heavy (non-hydrogen) atoms. The minimum atomic E-state index is -0.723. The molecule has 0 bridgehead atoms. The van der Waals surface area contributed by atoms with Gasteiger partial charge < -0.3 is 10.0 Å². The average Bonchev–Trinajstić information content (AvgIpc) is 2.20. The Morgan fingerprint density at radius 1 is 1.62 bits per heavy atom. The van der Waals surface area contributed by atoms with Gasteiger partial charge in [0.2, 0.25) is 0 Å². The summed E-state index contributed by atoms with van der Waals surface area (Å²) >= 11 is 1.76. The monoisotopic (exact) mass is 246 g/mol. The van der Waals surface area contributed by atoms with Crippen LogP contribution in [0, 0.1) is 0 Å². The van der Waals surface area contributed by atoms with E-state index in [0.717, 1.165) is 31.7 Å². The number of carboxylic acids is 1.